The summed E-state index contributed by atoms with van der Waals surface area (Å²) in [5.41, 5.74) is 2.69. The number of nitriles is 1. The minimum Gasteiger partial charge on any atom is -0.495 e. The highest BCUT2D eigenvalue weighted by Crippen LogP contribution is 2.20. The van der Waals surface area contributed by atoms with E-state index in [9.17, 15) is 0 Å². The fourth-order valence-electron chi connectivity index (χ4n) is 2.07. The predicted molar refractivity (Wildman–Crippen MR) is 98.6 cm³/mol. The largest absolute Gasteiger partial charge is 0.495 e. The second kappa shape index (κ2) is 9.39. The molecule has 0 amide bonds. The molecule has 24 heavy (non-hydrogen) atoms. The van der Waals surface area contributed by atoms with E-state index in [-0.39, 0.29) is 0 Å². The van der Waals surface area contributed by atoms with Crippen LogP contribution in [0.4, 0.5) is 0 Å². The van der Waals surface area contributed by atoms with E-state index in [1.165, 1.54) is 5.57 Å². The van der Waals surface area contributed by atoms with Crippen LogP contribution in [0.2, 0.25) is 0 Å². The fourth-order valence-corrected chi connectivity index (χ4v) is 2.07. The molecule has 0 spiro atoms. The minimum atomic E-state index is 0.526. The van der Waals surface area contributed by atoms with Crippen molar-refractivity contribution in [1.29, 1.82) is 5.26 Å². The molecular formula is C20H24N2O2. The van der Waals surface area contributed by atoms with Crippen molar-refractivity contribution in [1.82, 2.24) is 4.57 Å². The van der Waals surface area contributed by atoms with Gasteiger partial charge in [-0.3, -0.25) is 0 Å². The molecule has 4 heteroatoms. The average molecular weight is 324 g/mol. The number of hydrogen-bond donors (Lipinski definition) is 0. The lowest BCUT2D eigenvalue weighted by atomic mass is 10.2. The van der Waals surface area contributed by atoms with E-state index in [1.807, 2.05) is 35.0 Å². The molecule has 0 unspecified atom stereocenters. The molecule has 1 heterocycles. The van der Waals surface area contributed by atoms with Crippen LogP contribution in [-0.4, -0.2) is 25.9 Å². The molecule has 2 rings (SSSR count). The van der Waals surface area contributed by atoms with Gasteiger partial charge in [0, 0.05) is 32.2 Å². The molecule has 126 valence electrons. The molecule has 0 aliphatic rings. The Bertz CT molecular complexity index is 851. The van der Waals surface area contributed by atoms with Crippen molar-refractivity contribution in [3.8, 4) is 17.5 Å². The molecule has 0 aliphatic carbocycles. The predicted octanol–water partition coefficient (Wildman–Crippen LogP) is 2.78. The van der Waals surface area contributed by atoms with Gasteiger partial charge in [-0.05, 0) is 43.3 Å². The molecule has 0 fully saturated rings. The van der Waals surface area contributed by atoms with E-state index in [1.54, 1.807) is 27.4 Å². The van der Waals surface area contributed by atoms with Gasteiger partial charge in [-0.1, -0.05) is 18.2 Å². The lowest BCUT2D eigenvalue weighted by molar-refractivity contribution is 0.277. The van der Waals surface area contributed by atoms with Gasteiger partial charge in [0.1, 0.15) is 11.8 Å². The molecule has 0 aliphatic heterocycles. The Morgan fingerprint density at radius 3 is 2.42 bits per heavy atom. The standard InChI is InChI=1S/C18H18N2O.C2H6O/c1-13(2)5-8-17-14(3)9-10-20(17)16-7-6-15(12-19)18(11-16)21-4;1-3-2/h5-11H,3H2,1-2,4H3;1-2H3/b17-8+;. The third-order valence-corrected chi connectivity index (χ3v) is 3.17. The molecule has 0 radical (unpaired) electrons. The second-order valence-electron chi connectivity index (χ2n) is 5.41. The van der Waals surface area contributed by atoms with Gasteiger partial charge in [0.2, 0.25) is 0 Å². The molecule has 1 aromatic heterocycles. The summed E-state index contributed by atoms with van der Waals surface area (Å²) in [5, 5.41) is 11.0. The lowest BCUT2D eigenvalue weighted by Crippen LogP contribution is -2.26. The van der Waals surface area contributed by atoms with Crippen LogP contribution < -0.4 is 15.3 Å². The van der Waals surface area contributed by atoms with Gasteiger partial charge in [0.25, 0.3) is 0 Å². The molecule has 0 saturated carbocycles. The summed E-state index contributed by atoms with van der Waals surface area (Å²) in [7, 11) is 4.82. The van der Waals surface area contributed by atoms with Gasteiger partial charge in [-0.2, -0.15) is 5.26 Å². The lowest BCUT2D eigenvalue weighted by Gasteiger charge is -2.08. The van der Waals surface area contributed by atoms with Crippen LogP contribution in [0, 0.1) is 11.3 Å². The van der Waals surface area contributed by atoms with Gasteiger partial charge < -0.3 is 14.0 Å². The van der Waals surface area contributed by atoms with Crippen molar-refractivity contribution in [3.63, 3.8) is 0 Å². The number of allylic oxidation sites excluding steroid dienone is 2. The van der Waals surface area contributed by atoms with Crippen molar-refractivity contribution in [2.75, 3.05) is 21.3 Å². The molecule has 0 saturated heterocycles. The average Bonchev–Trinajstić information content (AvgIpc) is 2.93. The third kappa shape index (κ3) is 4.87. The zero-order valence-electron chi connectivity index (χ0n) is 15.0. The Labute approximate surface area is 143 Å². The third-order valence-electron chi connectivity index (χ3n) is 3.17. The Kier molecular flexibility index (Phi) is 7.54. The minimum absolute atomic E-state index is 0.526. The van der Waals surface area contributed by atoms with Crippen LogP contribution in [0.25, 0.3) is 18.3 Å². The number of nitrogens with zero attached hydrogens (tertiary/aromatic N) is 2. The first-order valence-corrected chi connectivity index (χ1v) is 7.48. The molecule has 0 N–H and O–H groups in total. The Hall–Kier alpha value is -2.77. The highest BCUT2D eigenvalue weighted by Gasteiger charge is 2.05. The Morgan fingerprint density at radius 1 is 1.21 bits per heavy atom. The van der Waals surface area contributed by atoms with Crippen molar-refractivity contribution in [2.24, 2.45) is 0 Å². The van der Waals surface area contributed by atoms with Crippen molar-refractivity contribution >= 4 is 12.7 Å². The Balaban J connectivity index is 0.000000891. The summed E-state index contributed by atoms with van der Waals surface area (Å²) in [6.45, 7) is 8.16. The quantitative estimate of drug-likeness (QED) is 0.872. The number of benzene rings is 1. The first-order valence-electron chi connectivity index (χ1n) is 7.48. The van der Waals surface area contributed by atoms with Crippen molar-refractivity contribution in [2.45, 2.75) is 13.8 Å². The highest BCUT2D eigenvalue weighted by molar-refractivity contribution is 5.51. The van der Waals surface area contributed by atoms with Crippen molar-refractivity contribution < 1.29 is 9.47 Å². The molecule has 2 aromatic rings. The van der Waals surface area contributed by atoms with E-state index >= 15 is 0 Å². The van der Waals surface area contributed by atoms with Crippen LogP contribution in [-0.2, 0) is 4.74 Å². The zero-order valence-corrected chi connectivity index (χ0v) is 15.0. The first kappa shape index (κ1) is 19.3. The van der Waals surface area contributed by atoms with Crippen LogP contribution in [0.1, 0.15) is 19.4 Å². The van der Waals surface area contributed by atoms with Gasteiger partial charge >= 0.3 is 0 Å². The number of hydrogen-bond acceptors (Lipinski definition) is 3. The normalized spacial score (nSPS) is 10.4. The van der Waals surface area contributed by atoms with E-state index in [0.717, 1.165) is 16.3 Å². The summed E-state index contributed by atoms with van der Waals surface area (Å²) in [4.78, 5) is 0. The number of aromatic nitrogens is 1. The second-order valence-corrected chi connectivity index (χ2v) is 5.41. The topological polar surface area (TPSA) is 47.2 Å². The number of rotatable bonds is 3. The molecule has 0 bridgehead atoms. The maximum atomic E-state index is 9.05. The van der Waals surface area contributed by atoms with Crippen molar-refractivity contribution in [3.05, 3.63) is 58.2 Å². The molecule has 1 aromatic carbocycles. The van der Waals surface area contributed by atoms with Gasteiger partial charge in [-0.25, -0.2) is 0 Å². The van der Waals surface area contributed by atoms with Crippen LogP contribution in [0.15, 0.2) is 42.1 Å². The van der Waals surface area contributed by atoms with E-state index in [4.69, 9.17) is 10.00 Å². The maximum absolute atomic E-state index is 9.05. The van der Waals surface area contributed by atoms with Crippen LogP contribution in [0.3, 0.4) is 0 Å². The molecule has 4 nitrogen and oxygen atoms in total. The number of methoxy groups -OCH3 is 2. The summed E-state index contributed by atoms with van der Waals surface area (Å²) < 4.78 is 11.6. The molecular weight excluding hydrogens is 300 g/mol. The Morgan fingerprint density at radius 2 is 1.88 bits per heavy atom. The van der Waals surface area contributed by atoms with Gasteiger partial charge in [-0.15, -0.1) is 0 Å². The zero-order chi connectivity index (χ0) is 18.1. The fraction of sp³-hybridized carbons (Fsp3) is 0.250. The number of ether oxygens (including phenoxy) is 2. The van der Waals surface area contributed by atoms with E-state index in [2.05, 4.69) is 37.3 Å². The smallest absolute Gasteiger partial charge is 0.138 e. The van der Waals surface area contributed by atoms with Crippen LogP contribution in [0.5, 0.6) is 5.75 Å². The summed E-state index contributed by atoms with van der Waals surface area (Å²) in [5.74, 6) is 0.572. The van der Waals surface area contributed by atoms with E-state index < -0.39 is 0 Å². The summed E-state index contributed by atoms with van der Waals surface area (Å²) in [6.07, 6.45) is 6.07. The van der Waals surface area contributed by atoms with E-state index in [0.29, 0.717) is 11.3 Å². The first-order chi connectivity index (χ1) is 11.5. The van der Waals surface area contributed by atoms with Crippen LogP contribution >= 0.6 is 0 Å². The molecule has 0 atom stereocenters. The summed E-state index contributed by atoms with van der Waals surface area (Å²) in [6, 6.07) is 9.62. The van der Waals surface area contributed by atoms with Gasteiger partial charge in [0.15, 0.2) is 0 Å². The highest BCUT2D eigenvalue weighted by atomic mass is 16.5. The monoisotopic (exact) mass is 324 g/mol. The SMILES string of the molecule is C=c1ccn(-c2ccc(C#N)c(OC)c2)/c1=C/C=C(C)C.COC. The van der Waals surface area contributed by atoms with Gasteiger partial charge in [0.05, 0.1) is 18.0 Å². The maximum Gasteiger partial charge on any atom is 0.138 e. The summed E-state index contributed by atoms with van der Waals surface area (Å²) >= 11 is 0.